The fourth-order valence-electron chi connectivity index (χ4n) is 3.90. The molecule has 12 heteroatoms. The maximum Gasteiger partial charge on any atom is 0.246 e. The van der Waals surface area contributed by atoms with Crippen LogP contribution in [0, 0.1) is 0 Å². The van der Waals surface area contributed by atoms with E-state index in [0.29, 0.717) is 59.1 Å². The minimum atomic E-state index is -0.474. The zero-order valence-electron chi connectivity index (χ0n) is 23.1. The summed E-state index contributed by atoms with van der Waals surface area (Å²) in [5.41, 5.74) is 1.73. The van der Waals surface area contributed by atoms with Crippen molar-refractivity contribution in [1.29, 1.82) is 0 Å². The average Bonchev–Trinajstić information content (AvgIpc) is 3.36. The van der Waals surface area contributed by atoms with Crippen LogP contribution < -0.4 is 19.5 Å². The molecule has 0 aliphatic rings. The summed E-state index contributed by atoms with van der Waals surface area (Å²) in [5.74, 6) is 1.52. The van der Waals surface area contributed by atoms with E-state index >= 15 is 0 Å². The Balaban J connectivity index is 1.37. The van der Waals surface area contributed by atoms with E-state index in [1.165, 1.54) is 22.3 Å². The molecular weight excluding hydrogens is 516 g/mol. The SMILES string of the molecule is COc1cc2ncnc(Oc3cnn(CC(=O)Nc4cccc(CCN(C=O)OC(C)(C)C)c4)c3)c2cc1OC. The molecular formula is C28H32N6O6. The van der Waals surface area contributed by atoms with Gasteiger partial charge in [-0.2, -0.15) is 5.10 Å². The van der Waals surface area contributed by atoms with Crippen molar-refractivity contribution in [3.8, 4) is 23.1 Å². The molecule has 12 nitrogen and oxygen atoms in total. The quantitative estimate of drug-likeness (QED) is 0.206. The zero-order chi connectivity index (χ0) is 28.7. The molecule has 4 rings (SSSR count). The number of nitrogens with zero attached hydrogens (tertiary/aromatic N) is 5. The monoisotopic (exact) mass is 548 g/mol. The molecule has 2 amide bonds. The van der Waals surface area contributed by atoms with Gasteiger partial charge < -0.3 is 19.5 Å². The molecule has 0 radical (unpaired) electrons. The molecule has 2 aromatic carbocycles. The lowest BCUT2D eigenvalue weighted by atomic mass is 10.1. The summed E-state index contributed by atoms with van der Waals surface area (Å²) in [6.07, 6.45) is 5.73. The number of hydrogen-bond acceptors (Lipinski definition) is 9. The molecule has 210 valence electrons. The Hall–Kier alpha value is -4.71. The Labute approximate surface area is 231 Å². The fraction of sp³-hybridized carbons (Fsp3) is 0.321. The van der Waals surface area contributed by atoms with Crippen molar-refractivity contribution in [1.82, 2.24) is 24.8 Å². The van der Waals surface area contributed by atoms with Gasteiger partial charge in [-0.05, 0) is 51.0 Å². The topological polar surface area (TPSA) is 130 Å². The van der Waals surface area contributed by atoms with Crippen molar-refractivity contribution in [2.75, 3.05) is 26.1 Å². The summed E-state index contributed by atoms with van der Waals surface area (Å²) in [6, 6.07) is 10.9. The first kappa shape index (κ1) is 28.3. The third kappa shape index (κ3) is 7.44. The maximum atomic E-state index is 12.7. The van der Waals surface area contributed by atoms with E-state index in [0.717, 1.165) is 5.56 Å². The van der Waals surface area contributed by atoms with Crippen molar-refractivity contribution >= 4 is 28.9 Å². The van der Waals surface area contributed by atoms with Crippen LogP contribution in [0.15, 0.2) is 55.1 Å². The minimum absolute atomic E-state index is 0.0263. The number of carbonyl (C=O) groups is 2. The van der Waals surface area contributed by atoms with E-state index in [1.54, 1.807) is 38.6 Å². The highest BCUT2D eigenvalue weighted by Crippen LogP contribution is 2.35. The van der Waals surface area contributed by atoms with E-state index in [2.05, 4.69) is 20.4 Å². The summed E-state index contributed by atoms with van der Waals surface area (Å²) in [6.45, 7) is 5.99. The number of ether oxygens (including phenoxy) is 3. The second-order valence-electron chi connectivity index (χ2n) is 9.83. The molecule has 0 spiro atoms. The highest BCUT2D eigenvalue weighted by molar-refractivity contribution is 5.90. The van der Waals surface area contributed by atoms with Crippen LogP contribution in [0.4, 0.5) is 5.69 Å². The van der Waals surface area contributed by atoms with Crippen LogP contribution in [0.25, 0.3) is 10.9 Å². The number of hydrogen-bond donors (Lipinski definition) is 1. The molecule has 2 aromatic heterocycles. The molecule has 0 unspecified atom stereocenters. The zero-order valence-corrected chi connectivity index (χ0v) is 23.1. The number of benzene rings is 2. The Morgan fingerprint density at radius 1 is 1.10 bits per heavy atom. The summed E-state index contributed by atoms with van der Waals surface area (Å²) in [5, 5.41) is 9.02. The number of aromatic nitrogens is 4. The Morgan fingerprint density at radius 3 is 2.60 bits per heavy atom. The largest absolute Gasteiger partial charge is 0.493 e. The Kier molecular flexibility index (Phi) is 8.80. The first-order valence-electron chi connectivity index (χ1n) is 12.5. The van der Waals surface area contributed by atoms with Crippen molar-refractivity contribution in [2.45, 2.75) is 39.3 Å². The number of rotatable bonds is 12. The summed E-state index contributed by atoms with van der Waals surface area (Å²) in [7, 11) is 3.10. The molecule has 4 aromatic rings. The van der Waals surface area contributed by atoms with Gasteiger partial charge in [0.05, 0.1) is 49.7 Å². The molecule has 0 aliphatic heterocycles. The van der Waals surface area contributed by atoms with Gasteiger partial charge in [-0.3, -0.25) is 19.1 Å². The van der Waals surface area contributed by atoms with Crippen LogP contribution in [0.2, 0.25) is 0 Å². The lowest BCUT2D eigenvalue weighted by Crippen LogP contribution is -2.34. The third-order valence-electron chi connectivity index (χ3n) is 5.57. The molecule has 0 fully saturated rings. The average molecular weight is 549 g/mol. The van der Waals surface area contributed by atoms with Crippen LogP contribution in [-0.2, 0) is 27.4 Å². The van der Waals surface area contributed by atoms with Gasteiger partial charge in [0.15, 0.2) is 17.2 Å². The number of nitrogens with one attached hydrogen (secondary N) is 1. The molecule has 2 heterocycles. The highest BCUT2D eigenvalue weighted by atomic mass is 16.7. The normalized spacial score (nSPS) is 11.2. The first-order chi connectivity index (χ1) is 19.2. The number of amides is 2. The minimum Gasteiger partial charge on any atom is -0.493 e. The number of hydroxylamine groups is 2. The number of fused-ring (bicyclic) bond motifs is 1. The van der Waals surface area contributed by atoms with Crippen molar-refractivity contribution in [2.24, 2.45) is 0 Å². The molecule has 0 saturated heterocycles. The van der Waals surface area contributed by atoms with Crippen LogP contribution in [0.1, 0.15) is 26.3 Å². The van der Waals surface area contributed by atoms with Gasteiger partial charge in [-0.25, -0.2) is 15.0 Å². The van der Waals surface area contributed by atoms with Gasteiger partial charge in [0.2, 0.25) is 18.2 Å². The number of anilines is 1. The maximum absolute atomic E-state index is 12.7. The number of carbonyl (C=O) groups excluding carboxylic acids is 2. The summed E-state index contributed by atoms with van der Waals surface area (Å²) >= 11 is 0. The number of methoxy groups -OCH3 is 2. The molecule has 0 bridgehead atoms. The second kappa shape index (κ2) is 12.4. The third-order valence-corrected chi connectivity index (χ3v) is 5.57. The lowest BCUT2D eigenvalue weighted by Gasteiger charge is -2.26. The fourth-order valence-corrected chi connectivity index (χ4v) is 3.90. The van der Waals surface area contributed by atoms with E-state index in [-0.39, 0.29) is 12.5 Å². The molecule has 1 N–H and O–H groups in total. The van der Waals surface area contributed by atoms with Crippen LogP contribution in [0.3, 0.4) is 0 Å². The van der Waals surface area contributed by atoms with Crippen LogP contribution in [0.5, 0.6) is 23.1 Å². The Bertz CT molecular complexity index is 1480. The predicted molar refractivity (Wildman–Crippen MR) is 147 cm³/mol. The van der Waals surface area contributed by atoms with Gasteiger partial charge in [-0.15, -0.1) is 0 Å². The summed E-state index contributed by atoms with van der Waals surface area (Å²) < 4.78 is 18.1. The van der Waals surface area contributed by atoms with E-state index in [4.69, 9.17) is 19.0 Å². The molecule has 0 aliphatic carbocycles. The van der Waals surface area contributed by atoms with Gasteiger partial charge in [0, 0.05) is 11.8 Å². The Morgan fingerprint density at radius 2 is 1.88 bits per heavy atom. The highest BCUT2D eigenvalue weighted by Gasteiger charge is 2.16. The van der Waals surface area contributed by atoms with Crippen molar-refractivity contribution in [3.63, 3.8) is 0 Å². The molecule has 40 heavy (non-hydrogen) atoms. The van der Waals surface area contributed by atoms with Gasteiger partial charge >= 0.3 is 0 Å². The lowest BCUT2D eigenvalue weighted by molar-refractivity contribution is -0.215. The second-order valence-corrected chi connectivity index (χ2v) is 9.83. The van der Waals surface area contributed by atoms with E-state index in [9.17, 15) is 9.59 Å². The first-order valence-corrected chi connectivity index (χ1v) is 12.5. The van der Waals surface area contributed by atoms with Crippen LogP contribution in [-0.4, -0.2) is 63.5 Å². The van der Waals surface area contributed by atoms with Crippen molar-refractivity contribution < 1.29 is 28.6 Å². The van der Waals surface area contributed by atoms with Gasteiger partial charge in [0.25, 0.3) is 0 Å². The van der Waals surface area contributed by atoms with E-state index in [1.807, 2.05) is 39.0 Å². The van der Waals surface area contributed by atoms with Gasteiger partial charge in [-0.1, -0.05) is 12.1 Å². The van der Waals surface area contributed by atoms with E-state index < -0.39 is 5.60 Å². The standard InChI is InChI=1S/C28H32N6O6/c1-28(2,3)40-34(18-35)10-9-19-7-6-8-20(11-19)32-26(36)16-33-15-21(14-31-33)39-27-22-12-24(37-4)25(38-5)13-23(22)29-17-30-27/h6-8,11-15,17-18H,9-10,16H2,1-5H3,(H,32,36). The smallest absolute Gasteiger partial charge is 0.246 e. The predicted octanol–water partition coefficient (Wildman–Crippen LogP) is 4.01. The van der Waals surface area contributed by atoms with Crippen LogP contribution >= 0.6 is 0 Å². The van der Waals surface area contributed by atoms with Crippen molar-refractivity contribution in [3.05, 3.63) is 60.7 Å². The van der Waals surface area contributed by atoms with Gasteiger partial charge in [0.1, 0.15) is 12.9 Å². The summed E-state index contributed by atoms with van der Waals surface area (Å²) in [4.78, 5) is 38.1. The molecule has 0 atom stereocenters. The molecule has 0 saturated carbocycles.